The quantitative estimate of drug-likeness (QED) is 0.0954. The number of benzene rings is 13. The van der Waals surface area contributed by atoms with Crippen LogP contribution < -0.4 is 41.5 Å². The maximum Gasteiger partial charge on any atom is 0.182 e. The van der Waals surface area contributed by atoms with Gasteiger partial charge < -0.3 is 9.13 Å². The molecule has 0 saturated heterocycles. The summed E-state index contributed by atoms with van der Waals surface area (Å²) in [7, 11) is -6.34. The predicted molar refractivity (Wildman–Crippen MR) is 368 cm³/mol. The van der Waals surface area contributed by atoms with Crippen molar-refractivity contribution in [2.24, 2.45) is 0 Å². The van der Waals surface area contributed by atoms with E-state index < -0.39 is 16.1 Å². The zero-order valence-corrected chi connectivity index (χ0v) is 49.4. The van der Waals surface area contributed by atoms with Gasteiger partial charge in [-0.3, -0.25) is 0 Å². The second-order valence-corrected chi connectivity index (χ2v) is 31.8. The molecule has 394 valence electrons. The van der Waals surface area contributed by atoms with E-state index in [4.69, 9.17) is 0 Å². The van der Waals surface area contributed by atoms with Crippen LogP contribution in [0.5, 0.6) is 0 Å². The molecule has 17 aromatic rings. The van der Waals surface area contributed by atoms with Crippen LogP contribution in [-0.2, 0) is 0 Å². The minimum Gasteiger partial charge on any atom is -0.309 e. The Morgan fingerprint density at radius 1 is 0.214 bits per heavy atom. The highest BCUT2D eigenvalue weighted by atomic mass is 32.1. The molecule has 0 radical (unpaired) electrons. The number of para-hydroxylation sites is 3. The Balaban J connectivity index is 0.955. The maximum atomic E-state index is 2.56. The molecule has 0 aliphatic rings. The van der Waals surface area contributed by atoms with E-state index in [9.17, 15) is 0 Å². The fourth-order valence-electron chi connectivity index (χ4n) is 14.5. The summed E-state index contributed by atoms with van der Waals surface area (Å²) in [6.45, 7) is 0. The molecule has 0 bridgehead atoms. The van der Waals surface area contributed by atoms with Crippen molar-refractivity contribution in [2.45, 2.75) is 0 Å². The van der Waals surface area contributed by atoms with Crippen LogP contribution in [0.15, 0.2) is 315 Å². The van der Waals surface area contributed by atoms with Crippen LogP contribution in [0.1, 0.15) is 0 Å². The molecule has 0 saturated carbocycles. The van der Waals surface area contributed by atoms with E-state index in [2.05, 4.69) is 325 Å². The molecule has 0 amide bonds. The average molecular weight is 1140 g/mol. The molecule has 2 nitrogen and oxygen atoms in total. The van der Waals surface area contributed by atoms with E-state index in [0.717, 1.165) is 11.4 Å². The molecule has 4 heterocycles. The lowest BCUT2D eigenvalue weighted by atomic mass is 10.1. The number of aromatic nitrogens is 2. The van der Waals surface area contributed by atoms with Gasteiger partial charge in [0.05, 0.1) is 22.1 Å². The Kier molecular flexibility index (Phi) is 11.4. The Hall–Kier alpha value is -9.67. The van der Waals surface area contributed by atoms with Crippen molar-refractivity contribution >= 4 is 164 Å². The smallest absolute Gasteiger partial charge is 0.182 e. The van der Waals surface area contributed by atoms with Gasteiger partial charge in [0, 0.05) is 73.3 Å². The zero-order valence-electron chi connectivity index (χ0n) is 45.7. The number of thiophene rings is 2. The van der Waals surface area contributed by atoms with Crippen LogP contribution in [0.4, 0.5) is 0 Å². The third-order valence-corrected chi connectivity index (χ3v) is 30.7. The van der Waals surface area contributed by atoms with Gasteiger partial charge in [-0.25, -0.2) is 0 Å². The second-order valence-electron chi connectivity index (χ2n) is 22.2. The van der Waals surface area contributed by atoms with Gasteiger partial charge >= 0.3 is 0 Å². The maximum absolute atomic E-state index is 3.22. The summed E-state index contributed by atoms with van der Waals surface area (Å²) in [5, 5.41) is 21.3. The third-order valence-electron chi connectivity index (χ3n) is 18.0. The lowest BCUT2D eigenvalue weighted by molar-refractivity contribution is 1.18. The Labute approximate surface area is 496 Å². The molecular formula is C78H52N2S2Si2. The van der Waals surface area contributed by atoms with Gasteiger partial charge in [-0.15, -0.1) is 22.7 Å². The highest BCUT2D eigenvalue weighted by molar-refractivity contribution is 7.35. The van der Waals surface area contributed by atoms with Gasteiger partial charge in [-0.1, -0.05) is 261 Å². The summed E-state index contributed by atoms with van der Waals surface area (Å²) in [5.41, 5.74) is 7.10. The monoisotopic (exact) mass is 1140 g/mol. The SMILES string of the molecule is c1ccc(-n2c3ccccc3c3cc4c(cc32)c2ccccc2n4-c2cccc([Si](c3ccccc3)(c3ccccc3)c3cccc4c3sc3c([Si](c5ccccc5)(c5ccccc5)c5cccc6c5sc5ccccc56)cccc34)c2)cc1. The van der Waals surface area contributed by atoms with E-state index >= 15 is 0 Å². The minimum absolute atomic E-state index is 1.15. The first kappa shape index (κ1) is 49.0. The lowest BCUT2D eigenvalue weighted by Crippen LogP contribution is -2.75. The summed E-state index contributed by atoms with van der Waals surface area (Å²) >= 11 is 3.97. The summed E-state index contributed by atoms with van der Waals surface area (Å²) in [4.78, 5) is 0. The number of hydrogen-bond acceptors (Lipinski definition) is 2. The molecule has 0 fully saturated rings. The van der Waals surface area contributed by atoms with Crippen molar-refractivity contribution < 1.29 is 0 Å². The summed E-state index contributed by atoms with van der Waals surface area (Å²) in [6, 6.07) is 120. The number of nitrogens with zero attached hydrogens (tertiary/aromatic N) is 2. The Morgan fingerprint density at radius 2 is 0.560 bits per heavy atom. The van der Waals surface area contributed by atoms with Crippen LogP contribution in [0.25, 0.3) is 95.3 Å². The fourth-order valence-corrected chi connectivity index (χ4v) is 28.4. The molecule has 0 spiro atoms. The fraction of sp³-hybridized carbons (Fsp3) is 0. The van der Waals surface area contributed by atoms with E-state index in [1.807, 2.05) is 22.7 Å². The van der Waals surface area contributed by atoms with Crippen LogP contribution in [0.3, 0.4) is 0 Å². The number of rotatable bonds is 10. The van der Waals surface area contributed by atoms with E-state index in [-0.39, 0.29) is 0 Å². The molecule has 0 unspecified atom stereocenters. The molecular weight excluding hydrogens is 1090 g/mol. The minimum atomic E-state index is -3.22. The van der Waals surface area contributed by atoms with Crippen LogP contribution in [-0.4, -0.2) is 25.3 Å². The standard InChI is InChI=1S/C78H52N2S2Si2/c1-6-26-53(27-7-1)79-68-44-19-16-38-60(68)66-52-71-67(51-70(66)79)61-39-17-20-45-69(61)80(71)54-28-22-37-59(50-54)83(55-29-8-2-9-30-55,56-31-10-3-11-32-56)73-47-24-42-64-65-43-25-49-75(78(65)82-77(64)73)84(57-33-12-4-13-34-57,58-35-14-5-15-36-58)74-48-23-41-63-62-40-18-21-46-72(62)81-76(63)74/h1-52H. The van der Waals surface area contributed by atoms with Crippen LogP contribution in [0, 0.1) is 0 Å². The molecule has 6 heteroatoms. The molecule has 0 atom stereocenters. The number of fused-ring (bicyclic) bond motifs is 12. The predicted octanol–water partition coefficient (Wildman–Crippen LogP) is 15.4. The molecule has 0 aliphatic carbocycles. The number of hydrogen-bond donors (Lipinski definition) is 0. The van der Waals surface area contributed by atoms with Crippen molar-refractivity contribution in [3.05, 3.63) is 315 Å². The molecule has 17 rings (SSSR count). The van der Waals surface area contributed by atoms with E-state index in [0.29, 0.717) is 0 Å². The van der Waals surface area contributed by atoms with Crippen LogP contribution in [0.2, 0.25) is 0 Å². The van der Waals surface area contributed by atoms with Crippen molar-refractivity contribution in [3.8, 4) is 11.4 Å². The third kappa shape index (κ3) is 7.12. The Morgan fingerprint density at radius 3 is 1.07 bits per heavy atom. The highest BCUT2D eigenvalue weighted by Crippen LogP contribution is 2.41. The van der Waals surface area contributed by atoms with Gasteiger partial charge in [-0.2, -0.15) is 0 Å². The highest BCUT2D eigenvalue weighted by Gasteiger charge is 2.46. The summed E-state index contributed by atoms with van der Waals surface area (Å²) in [5.74, 6) is 0. The van der Waals surface area contributed by atoms with Crippen molar-refractivity contribution in [2.75, 3.05) is 0 Å². The first-order valence-corrected chi connectivity index (χ1v) is 34.5. The summed E-state index contributed by atoms with van der Waals surface area (Å²) in [6.07, 6.45) is 0. The zero-order chi connectivity index (χ0) is 55.3. The van der Waals surface area contributed by atoms with Gasteiger partial charge in [0.2, 0.25) is 0 Å². The topological polar surface area (TPSA) is 9.86 Å². The average Bonchev–Trinajstić information content (AvgIpc) is 1.86. The van der Waals surface area contributed by atoms with Crippen LogP contribution >= 0.6 is 22.7 Å². The van der Waals surface area contributed by atoms with Crippen molar-refractivity contribution in [1.82, 2.24) is 9.13 Å². The molecule has 4 aromatic heterocycles. The van der Waals surface area contributed by atoms with E-state index in [1.165, 1.54) is 125 Å². The van der Waals surface area contributed by atoms with Gasteiger partial charge in [0.1, 0.15) is 0 Å². The second kappa shape index (κ2) is 19.5. The first-order valence-electron chi connectivity index (χ1n) is 28.9. The van der Waals surface area contributed by atoms with Crippen molar-refractivity contribution in [1.29, 1.82) is 0 Å². The lowest BCUT2D eigenvalue weighted by Gasteiger charge is -2.35. The van der Waals surface area contributed by atoms with Gasteiger partial charge in [0.15, 0.2) is 16.1 Å². The summed E-state index contributed by atoms with van der Waals surface area (Å²) < 4.78 is 10.4. The molecule has 0 aliphatic heterocycles. The molecule has 84 heavy (non-hydrogen) atoms. The largest absolute Gasteiger partial charge is 0.309 e. The van der Waals surface area contributed by atoms with Crippen molar-refractivity contribution in [3.63, 3.8) is 0 Å². The Bertz CT molecular complexity index is 5300. The molecule has 13 aromatic carbocycles. The molecule has 0 N–H and O–H groups in total. The van der Waals surface area contributed by atoms with E-state index in [1.54, 1.807) is 0 Å². The normalized spacial score (nSPS) is 12.3. The van der Waals surface area contributed by atoms with Gasteiger partial charge in [0.25, 0.3) is 0 Å². The van der Waals surface area contributed by atoms with Gasteiger partial charge in [-0.05, 0) is 96.1 Å². The first-order chi connectivity index (χ1) is 41.7.